The summed E-state index contributed by atoms with van der Waals surface area (Å²) in [7, 11) is 0. The molecule has 0 fully saturated rings. The summed E-state index contributed by atoms with van der Waals surface area (Å²) in [5.41, 5.74) is 3.66. The number of benzene rings is 2. The predicted molar refractivity (Wildman–Crippen MR) is 105 cm³/mol. The van der Waals surface area contributed by atoms with E-state index in [4.69, 9.17) is 0 Å². The first-order valence-corrected chi connectivity index (χ1v) is 8.78. The molecule has 4 N–H and O–H groups in total. The summed E-state index contributed by atoms with van der Waals surface area (Å²) in [5, 5.41) is 15.3. The highest BCUT2D eigenvalue weighted by Gasteiger charge is 2.26. The summed E-state index contributed by atoms with van der Waals surface area (Å²) < 4.78 is 0. The van der Waals surface area contributed by atoms with Crippen LogP contribution in [0.3, 0.4) is 0 Å². The molecule has 28 heavy (non-hydrogen) atoms. The summed E-state index contributed by atoms with van der Waals surface area (Å²) in [6.45, 7) is -0.217. The second-order valence-electron chi connectivity index (χ2n) is 6.40. The van der Waals surface area contributed by atoms with Gasteiger partial charge in [-0.05, 0) is 29.8 Å². The normalized spacial score (nSPS) is 15.2. The minimum Gasteiger partial charge on any atom is -0.394 e. The molecule has 4 rings (SSSR count). The highest BCUT2D eigenvalue weighted by molar-refractivity contribution is 6.35. The number of hydrogen-bond acceptors (Lipinski definition) is 4. The molecule has 0 bridgehead atoms. The fourth-order valence-electron chi connectivity index (χ4n) is 3.13. The number of H-pyrrole nitrogens is 1. The number of aromatic amines is 1. The van der Waals surface area contributed by atoms with Crippen molar-refractivity contribution in [2.75, 3.05) is 11.9 Å². The molecule has 0 unspecified atom stereocenters. The first-order chi connectivity index (χ1) is 13.7. The van der Waals surface area contributed by atoms with Crippen molar-refractivity contribution in [1.82, 2.24) is 15.3 Å². The van der Waals surface area contributed by atoms with E-state index in [-0.39, 0.29) is 18.4 Å². The van der Waals surface area contributed by atoms with Gasteiger partial charge >= 0.3 is 0 Å². The lowest BCUT2D eigenvalue weighted by molar-refractivity contribution is -0.110. The van der Waals surface area contributed by atoms with Gasteiger partial charge in [-0.15, -0.1) is 0 Å². The minimum atomic E-state index is -0.512. The van der Waals surface area contributed by atoms with Crippen LogP contribution in [0.25, 0.3) is 11.6 Å². The van der Waals surface area contributed by atoms with E-state index in [1.807, 2.05) is 30.3 Å². The quantitative estimate of drug-likeness (QED) is 0.514. The predicted octanol–water partition coefficient (Wildman–Crippen LogP) is 2.37. The first-order valence-electron chi connectivity index (χ1n) is 8.78. The van der Waals surface area contributed by atoms with Gasteiger partial charge in [0, 0.05) is 16.8 Å². The zero-order chi connectivity index (χ0) is 19.5. The van der Waals surface area contributed by atoms with Crippen LogP contribution in [-0.2, 0) is 4.79 Å². The molecule has 1 aliphatic heterocycles. The number of hydrogen-bond donors (Lipinski definition) is 4. The molecule has 2 amide bonds. The summed E-state index contributed by atoms with van der Waals surface area (Å²) in [6, 6.07) is 13.8. The molecule has 1 aliphatic rings. The van der Waals surface area contributed by atoms with E-state index in [1.54, 1.807) is 30.5 Å². The molecule has 0 saturated carbocycles. The van der Waals surface area contributed by atoms with Gasteiger partial charge in [0.05, 0.1) is 36.4 Å². The molecule has 1 atom stereocenters. The Labute approximate surface area is 161 Å². The molecule has 3 aromatic rings. The number of rotatable bonds is 5. The highest BCUT2D eigenvalue weighted by Crippen LogP contribution is 2.33. The molecule has 7 nitrogen and oxygen atoms in total. The number of aromatic nitrogens is 2. The van der Waals surface area contributed by atoms with E-state index in [0.29, 0.717) is 28.1 Å². The molecular weight excluding hydrogens is 356 g/mol. The Morgan fingerprint density at radius 3 is 2.75 bits per heavy atom. The Hall–Kier alpha value is -3.71. The third-order valence-electron chi connectivity index (χ3n) is 4.57. The molecule has 1 aromatic heterocycles. The van der Waals surface area contributed by atoms with Crippen LogP contribution in [0.5, 0.6) is 0 Å². The van der Waals surface area contributed by atoms with Gasteiger partial charge in [-0.1, -0.05) is 30.3 Å². The summed E-state index contributed by atoms with van der Waals surface area (Å²) in [5.74, 6) is -0.564. The van der Waals surface area contributed by atoms with Gasteiger partial charge in [-0.25, -0.2) is 4.98 Å². The molecule has 0 spiro atoms. The maximum absolute atomic E-state index is 12.7. The summed E-state index contributed by atoms with van der Waals surface area (Å²) in [4.78, 5) is 31.9. The lowest BCUT2D eigenvalue weighted by Crippen LogP contribution is -2.30. The molecule has 140 valence electrons. The number of aliphatic hydroxyl groups is 1. The number of anilines is 1. The van der Waals surface area contributed by atoms with Crippen LogP contribution in [0.4, 0.5) is 5.69 Å². The standard InChI is InChI=1S/C21H18N4O3/c26-11-19(13-4-2-1-3-5-13)25-20(27)14-6-7-18-16(8-14)17(21(28)24-18)9-15-10-22-12-23-15/h1-10,12,19,26H,11H2,(H,22,23)(H,24,28)(H,25,27)/b17-9-/t19-/m1/s1. The second-order valence-corrected chi connectivity index (χ2v) is 6.40. The van der Waals surface area contributed by atoms with E-state index in [2.05, 4.69) is 20.6 Å². The largest absolute Gasteiger partial charge is 0.394 e. The number of fused-ring (bicyclic) bond motifs is 1. The average Bonchev–Trinajstić information content (AvgIpc) is 3.34. The van der Waals surface area contributed by atoms with Crippen LogP contribution in [0.15, 0.2) is 61.1 Å². The number of carbonyl (C=O) groups excluding carboxylic acids is 2. The van der Waals surface area contributed by atoms with Gasteiger partial charge < -0.3 is 20.7 Å². The summed E-state index contributed by atoms with van der Waals surface area (Å²) in [6.07, 6.45) is 4.83. The lowest BCUT2D eigenvalue weighted by Gasteiger charge is -2.17. The Morgan fingerprint density at radius 1 is 1.21 bits per heavy atom. The van der Waals surface area contributed by atoms with Crippen molar-refractivity contribution in [3.05, 3.63) is 83.4 Å². The molecule has 2 aromatic carbocycles. The van der Waals surface area contributed by atoms with Crippen molar-refractivity contribution in [2.45, 2.75) is 6.04 Å². The number of amides is 2. The smallest absolute Gasteiger partial charge is 0.256 e. The molecule has 7 heteroatoms. The van der Waals surface area contributed by atoms with Crippen LogP contribution in [0.1, 0.15) is 33.2 Å². The maximum Gasteiger partial charge on any atom is 0.256 e. The van der Waals surface area contributed by atoms with Crippen molar-refractivity contribution in [1.29, 1.82) is 0 Å². The fourth-order valence-corrected chi connectivity index (χ4v) is 3.13. The van der Waals surface area contributed by atoms with Crippen molar-refractivity contribution >= 4 is 29.2 Å². The Balaban J connectivity index is 1.61. The zero-order valence-corrected chi connectivity index (χ0v) is 14.8. The van der Waals surface area contributed by atoms with Crippen molar-refractivity contribution < 1.29 is 14.7 Å². The monoisotopic (exact) mass is 374 g/mol. The number of nitrogens with zero attached hydrogens (tertiary/aromatic N) is 1. The van der Waals surface area contributed by atoms with Gasteiger partial charge in [0.15, 0.2) is 0 Å². The lowest BCUT2D eigenvalue weighted by atomic mass is 10.0. The van der Waals surface area contributed by atoms with E-state index in [0.717, 1.165) is 5.56 Å². The van der Waals surface area contributed by atoms with Gasteiger partial charge in [0.1, 0.15) is 0 Å². The van der Waals surface area contributed by atoms with E-state index < -0.39 is 6.04 Å². The van der Waals surface area contributed by atoms with E-state index in [1.165, 1.54) is 6.33 Å². The second kappa shape index (κ2) is 7.50. The summed E-state index contributed by atoms with van der Waals surface area (Å²) >= 11 is 0. The van der Waals surface area contributed by atoms with Crippen LogP contribution < -0.4 is 10.6 Å². The van der Waals surface area contributed by atoms with Crippen LogP contribution in [0, 0.1) is 0 Å². The van der Waals surface area contributed by atoms with Crippen LogP contribution in [-0.4, -0.2) is 33.5 Å². The highest BCUT2D eigenvalue weighted by atomic mass is 16.3. The maximum atomic E-state index is 12.7. The van der Waals surface area contributed by atoms with Crippen molar-refractivity contribution in [3.8, 4) is 0 Å². The molecule has 0 aliphatic carbocycles. The molecular formula is C21H18N4O3. The molecule has 0 saturated heterocycles. The number of imidazole rings is 1. The van der Waals surface area contributed by atoms with Crippen molar-refractivity contribution in [2.24, 2.45) is 0 Å². The molecule has 2 heterocycles. The fraction of sp³-hybridized carbons (Fsp3) is 0.0952. The average molecular weight is 374 g/mol. The number of carbonyl (C=O) groups is 2. The molecule has 0 radical (unpaired) electrons. The van der Waals surface area contributed by atoms with Gasteiger partial charge in [0.2, 0.25) is 0 Å². The van der Waals surface area contributed by atoms with E-state index >= 15 is 0 Å². The Morgan fingerprint density at radius 2 is 2.04 bits per heavy atom. The topological polar surface area (TPSA) is 107 Å². The van der Waals surface area contributed by atoms with E-state index in [9.17, 15) is 14.7 Å². The minimum absolute atomic E-state index is 0.217. The van der Waals surface area contributed by atoms with Crippen molar-refractivity contribution in [3.63, 3.8) is 0 Å². The third kappa shape index (κ3) is 3.43. The van der Waals surface area contributed by atoms with Crippen LogP contribution >= 0.6 is 0 Å². The Bertz CT molecular complexity index is 1040. The van der Waals surface area contributed by atoms with Gasteiger partial charge in [-0.2, -0.15) is 0 Å². The number of nitrogens with one attached hydrogen (secondary N) is 3. The van der Waals surface area contributed by atoms with Gasteiger partial charge in [0.25, 0.3) is 11.8 Å². The first kappa shape index (κ1) is 17.7. The van der Waals surface area contributed by atoms with Crippen LogP contribution in [0.2, 0.25) is 0 Å². The number of aliphatic hydroxyl groups excluding tert-OH is 1. The zero-order valence-electron chi connectivity index (χ0n) is 14.8. The van der Waals surface area contributed by atoms with Gasteiger partial charge in [-0.3, -0.25) is 9.59 Å². The third-order valence-corrected chi connectivity index (χ3v) is 4.57. The SMILES string of the molecule is O=C1Nc2ccc(C(=O)N[C@H](CO)c3ccccc3)cc2/C1=C/c1cnc[nH]1. The Kier molecular flexibility index (Phi) is 4.74.